The first-order valence-electron chi connectivity index (χ1n) is 9.08. The van der Waals surface area contributed by atoms with Gasteiger partial charge in [-0.3, -0.25) is 9.45 Å². The molecule has 14 heteroatoms. The van der Waals surface area contributed by atoms with Crippen LogP contribution < -0.4 is 9.64 Å². The lowest BCUT2D eigenvalue weighted by atomic mass is 10.2. The van der Waals surface area contributed by atoms with Crippen LogP contribution in [-0.4, -0.2) is 60.4 Å². The summed E-state index contributed by atoms with van der Waals surface area (Å²) >= 11 is 5.36. The van der Waals surface area contributed by atoms with Crippen LogP contribution in [0.1, 0.15) is 6.42 Å². The van der Waals surface area contributed by atoms with Gasteiger partial charge in [-0.05, 0) is 42.8 Å². The largest absolute Gasteiger partial charge is 0.673 e. The molecule has 174 valence electrons. The van der Waals surface area contributed by atoms with Crippen LogP contribution in [0.15, 0.2) is 47.5 Å². The van der Waals surface area contributed by atoms with Gasteiger partial charge in [0.2, 0.25) is 0 Å². The highest BCUT2D eigenvalue weighted by molar-refractivity contribution is 7.86. The third-order valence-electron chi connectivity index (χ3n) is 4.67. The van der Waals surface area contributed by atoms with E-state index >= 15 is 0 Å². The number of urea groups is 1. The number of nitrogens with one attached hydrogen (secondary N) is 1. The number of rotatable bonds is 3. The minimum atomic E-state index is -4.73. The fourth-order valence-electron chi connectivity index (χ4n) is 3.38. The predicted octanol–water partition coefficient (Wildman–Crippen LogP) is 4.00. The summed E-state index contributed by atoms with van der Waals surface area (Å²) in [6.45, 7) is 0.878. The van der Waals surface area contributed by atoms with Crippen molar-refractivity contribution in [3.05, 3.63) is 53.5 Å². The molecule has 9 nitrogen and oxygen atoms in total. The molecule has 0 spiro atoms. The van der Waals surface area contributed by atoms with Crippen molar-refractivity contribution in [3.63, 3.8) is 0 Å². The van der Waals surface area contributed by atoms with Gasteiger partial charge in [0.05, 0.1) is 6.04 Å². The van der Waals surface area contributed by atoms with Gasteiger partial charge in [-0.25, -0.2) is 9.78 Å². The van der Waals surface area contributed by atoms with Crippen molar-refractivity contribution in [2.75, 3.05) is 18.0 Å². The summed E-state index contributed by atoms with van der Waals surface area (Å²) in [7, 11) is -4.23. The predicted molar refractivity (Wildman–Crippen MR) is 108 cm³/mol. The van der Waals surface area contributed by atoms with Crippen LogP contribution in [0.4, 0.5) is 23.7 Å². The third kappa shape index (κ3) is 5.79. The van der Waals surface area contributed by atoms with E-state index in [0.29, 0.717) is 25.2 Å². The molecule has 0 aliphatic carbocycles. The quantitative estimate of drug-likeness (QED) is 0.509. The Kier molecular flexibility index (Phi) is 6.83. The molecule has 2 amide bonds. The summed E-state index contributed by atoms with van der Waals surface area (Å²) in [5, 5.41) is -0.227. The van der Waals surface area contributed by atoms with Crippen LogP contribution in [0, 0.1) is 0 Å². The van der Waals surface area contributed by atoms with E-state index < -0.39 is 16.5 Å². The zero-order valence-corrected chi connectivity index (χ0v) is 17.7. The number of aromatic nitrogens is 1. The number of carbonyl (C=O) groups excluding carboxylic acids is 1. The number of alkyl halides is 3. The number of halogens is 4. The van der Waals surface area contributed by atoms with Crippen molar-refractivity contribution in [3.8, 4) is 5.75 Å². The van der Waals surface area contributed by atoms with E-state index in [1.54, 1.807) is 4.90 Å². The van der Waals surface area contributed by atoms with Crippen molar-refractivity contribution < 1.29 is 35.7 Å². The number of amides is 2. The third-order valence-corrected chi connectivity index (χ3v) is 5.97. The summed E-state index contributed by atoms with van der Waals surface area (Å²) in [5.41, 5.74) is 8.20. The normalized spacial score (nSPS) is 20.6. The van der Waals surface area contributed by atoms with E-state index in [9.17, 15) is 26.4 Å². The Hall–Kier alpha value is -2.61. The molecule has 32 heavy (non-hydrogen) atoms. The topological polar surface area (TPSA) is 124 Å². The fraction of sp³-hybridized carbons (Fsp3) is 0.333. The van der Waals surface area contributed by atoms with Gasteiger partial charge < -0.3 is 15.4 Å². The lowest BCUT2D eigenvalue weighted by Gasteiger charge is -2.20. The number of benzene rings is 1. The molecular weight excluding hydrogens is 477 g/mol. The molecule has 1 aromatic heterocycles. The number of ether oxygens (including phenoxy) is 1. The second-order valence-corrected chi connectivity index (χ2v) is 8.69. The Morgan fingerprint density at radius 3 is 2.34 bits per heavy atom. The highest BCUT2D eigenvalue weighted by Crippen LogP contribution is 2.32. The molecule has 3 heterocycles. The number of pyridine rings is 1. The number of anilines is 1. The molecule has 4 rings (SSSR count). The van der Waals surface area contributed by atoms with E-state index in [4.69, 9.17) is 21.9 Å². The van der Waals surface area contributed by atoms with Crippen molar-refractivity contribution in [1.29, 1.82) is 0 Å². The number of hydrogen-bond donors (Lipinski definition) is 1. The maximum atomic E-state index is 12.2. The van der Waals surface area contributed by atoms with Crippen molar-refractivity contribution in [2.45, 2.75) is 29.8 Å². The second kappa shape index (κ2) is 9.10. The Balaban J connectivity index is 0.000000222. The lowest BCUT2D eigenvalue weighted by Crippen LogP contribution is -2.33. The van der Waals surface area contributed by atoms with Gasteiger partial charge in [0.25, 0.3) is 10.1 Å². The lowest BCUT2D eigenvalue weighted by molar-refractivity contribution is -0.274. The van der Waals surface area contributed by atoms with Crippen molar-refractivity contribution in [2.24, 2.45) is 0 Å². The van der Waals surface area contributed by atoms with E-state index in [0.717, 1.165) is 0 Å². The number of nitrogens with zero attached hydrogens (tertiary/aromatic N) is 3. The van der Waals surface area contributed by atoms with Gasteiger partial charge >= 0.3 is 12.4 Å². The van der Waals surface area contributed by atoms with Crippen LogP contribution in [0.25, 0.3) is 5.73 Å². The average molecular weight is 494 g/mol. The van der Waals surface area contributed by atoms with E-state index in [1.165, 1.54) is 47.5 Å². The summed E-state index contributed by atoms with van der Waals surface area (Å²) in [4.78, 5) is 18.5. The Labute approximate surface area is 186 Å². The first-order chi connectivity index (χ1) is 14.8. The molecule has 0 bridgehead atoms. The summed E-state index contributed by atoms with van der Waals surface area (Å²) in [6, 6.07) is 7.35. The minimum Gasteiger partial charge on any atom is -0.673 e. The molecule has 0 radical (unpaired) electrons. The average Bonchev–Trinajstić information content (AvgIpc) is 3.18. The van der Waals surface area contributed by atoms with Crippen LogP contribution in [0.2, 0.25) is 5.15 Å². The molecule has 0 saturated carbocycles. The number of carbonyl (C=O) groups is 1. The molecule has 2 atom stereocenters. The molecule has 2 saturated heterocycles. The number of fused-ring (bicyclic) bond motifs is 1. The maximum Gasteiger partial charge on any atom is 0.573 e. The molecule has 2 fully saturated rings. The Morgan fingerprint density at radius 2 is 1.84 bits per heavy atom. The molecule has 0 unspecified atom stereocenters. The zero-order valence-electron chi connectivity index (χ0n) is 16.2. The minimum absolute atomic E-state index is 0.0195. The standard InChI is InChI=1S/C13H13F3N3O2.C5H4ClNO3S/c14-13(15,16)21-11-3-1-9(2-4-11)19-7-10-5-8(17)6-18(10)12(19)20;6-5-4(11(8,9)10)2-1-3-7-5/h1-4,8,10,17H,5-7H2;1-3H,(H,8,9,10)/q-1;/t8-,10+;/m1./s1. The number of hydrogen-bond acceptors (Lipinski definition) is 5. The molecule has 1 aromatic carbocycles. The Morgan fingerprint density at radius 1 is 1.19 bits per heavy atom. The van der Waals surface area contributed by atoms with Gasteiger partial charge in [0.1, 0.15) is 15.8 Å². The smallest absolute Gasteiger partial charge is 0.573 e. The van der Waals surface area contributed by atoms with Gasteiger partial charge in [0, 0.05) is 25.0 Å². The van der Waals surface area contributed by atoms with Crippen LogP contribution >= 0.6 is 11.6 Å². The highest BCUT2D eigenvalue weighted by Gasteiger charge is 2.41. The molecule has 2 aliphatic rings. The van der Waals surface area contributed by atoms with Gasteiger partial charge in [-0.2, -0.15) is 8.42 Å². The van der Waals surface area contributed by atoms with Crippen molar-refractivity contribution >= 4 is 33.4 Å². The molecule has 2 aromatic rings. The first kappa shape index (κ1) is 24.0. The SMILES string of the molecule is O=S(=O)(O)c1cccnc1Cl.[NH-][C@@H]1C[C@H]2CN(c3ccc(OC(F)(F)F)cc3)C(=O)N2C1. The fourth-order valence-corrected chi connectivity index (χ4v) is 4.30. The van der Waals surface area contributed by atoms with Crippen LogP contribution in [0.5, 0.6) is 5.75 Å². The van der Waals surface area contributed by atoms with Gasteiger partial charge in [0.15, 0.2) is 0 Å². The van der Waals surface area contributed by atoms with E-state index in [1.807, 2.05) is 0 Å². The summed E-state index contributed by atoms with van der Waals surface area (Å²) in [6.07, 6.45) is -2.76. The van der Waals surface area contributed by atoms with Crippen LogP contribution in [-0.2, 0) is 10.1 Å². The Bertz CT molecular complexity index is 1080. The maximum absolute atomic E-state index is 12.2. The summed E-state index contributed by atoms with van der Waals surface area (Å²) in [5.74, 6) is -0.315. The second-order valence-electron chi connectivity index (χ2n) is 6.94. The summed E-state index contributed by atoms with van der Waals surface area (Å²) < 4.78 is 69.5. The highest BCUT2D eigenvalue weighted by atomic mass is 35.5. The molecular formula is C18H17ClF3N4O5S-. The van der Waals surface area contributed by atoms with E-state index in [-0.39, 0.29) is 33.9 Å². The van der Waals surface area contributed by atoms with Crippen LogP contribution in [0.3, 0.4) is 0 Å². The monoisotopic (exact) mass is 493 g/mol. The molecule has 2 N–H and O–H groups in total. The van der Waals surface area contributed by atoms with Crippen molar-refractivity contribution in [1.82, 2.24) is 9.88 Å². The first-order valence-corrected chi connectivity index (χ1v) is 10.9. The molecule has 2 aliphatic heterocycles. The van der Waals surface area contributed by atoms with Gasteiger partial charge in [-0.15, -0.1) is 19.2 Å². The van der Waals surface area contributed by atoms with Gasteiger partial charge in [-0.1, -0.05) is 11.6 Å². The van der Waals surface area contributed by atoms with E-state index in [2.05, 4.69) is 9.72 Å². The zero-order chi connectivity index (χ0) is 23.7.